The van der Waals surface area contributed by atoms with Gasteiger partial charge in [-0.1, -0.05) is 54.2 Å². The van der Waals surface area contributed by atoms with E-state index in [0.717, 1.165) is 18.4 Å². The zero-order valence-electron chi connectivity index (χ0n) is 18.8. The molecule has 1 rings (SSSR count). The Morgan fingerprint density at radius 2 is 1.46 bits per heavy atom. The van der Waals surface area contributed by atoms with E-state index in [9.17, 15) is 0 Å². The van der Waals surface area contributed by atoms with Crippen LogP contribution in [0, 0.1) is 0 Å². The van der Waals surface area contributed by atoms with E-state index >= 15 is 0 Å². The van der Waals surface area contributed by atoms with Crippen molar-refractivity contribution in [3.05, 3.63) is 23.8 Å². The molecule has 152 valence electrons. The van der Waals surface area contributed by atoms with Crippen LogP contribution in [0.5, 0.6) is 0 Å². The summed E-state index contributed by atoms with van der Waals surface area (Å²) in [7, 11) is -3.70. The van der Waals surface area contributed by atoms with Gasteiger partial charge in [-0.25, -0.2) is 0 Å². The highest BCUT2D eigenvalue weighted by Gasteiger charge is 2.44. The normalized spacial score (nSPS) is 25.0. The molecule has 0 aliphatic heterocycles. The van der Waals surface area contributed by atoms with Crippen LogP contribution in [0.3, 0.4) is 0 Å². The average Bonchev–Trinajstić information content (AvgIpc) is 2.40. The Morgan fingerprint density at radius 1 is 1.00 bits per heavy atom. The second kappa shape index (κ2) is 8.24. The first-order valence-electron chi connectivity index (χ1n) is 9.81. The lowest BCUT2D eigenvalue weighted by molar-refractivity contribution is 0.0969. The highest BCUT2D eigenvalue weighted by molar-refractivity contribution is 6.74. The monoisotopic (exact) mass is 416 g/mol. The van der Waals surface area contributed by atoms with Crippen LogP contribution < -0.4 is 0 Å². The standard InChI is InChI=1S/C21H41ClO2Si2/c1-16-17(12-13-22)14-18(23-25(8,9)20(2,3)4)15-19(16)24-26(10,11)21(5,6)7/h12,18-19H,1,13-15H2,2-11H3/t18-,19+/m1/s1. The third-order valence-electron chi connectivity index (χ3n) is 6.56. The van der Waals surface area contributed by atoms with Crippen molar-refractivity contribution in [1.82, 2.24) is 0 Å². The van der Waals surface area contributed by atoms with Gasteiger partial charge in [0, 0.05) is 12.3 Å². The molecule has 0 aromatic heterocycles. The predicted molar refractivity (Wildman–Crippen MR) is 121 cm³/mol. The topological polar surface area (TPSA) is 18.5 Å². The van der Waals surface area contributed by atoms with Gasteiger partial charge in [0.1, 0.15) is 0 Å². The quantitative estimate of drug-likeness (QED) is 0.346. The highest BCUT2D eigenvalue weighted by Crippen LogP contribution is 2.43. The Morgan fingerprint density at radius 3 is 1.88 bits per heavy atom. The van der Waals surface area contributed by atoms with Gasteiger partial charge in [-0.15, -0.1) is 11.6 Å². The Bertz CT molecular complexity index is 539. The van der Waals surface area contributed by atoms with Gasteiger partial charge in [0.15, 0.2) is 16.6 Å². The number of hydrogen-bond acceptors (Lipinski definition) is 2. The van der Waals surface area contributed by atoms with E-state index in [1.807, 2.05) is 0 Å². The number of allylic oxidation sites excluding steroid dienone is 1. The van der Waals surface area contributed by atoms with Gasteiger partial charge in [-0.3, -0.25) is 0 Å². The molecule has 0 N–H and O–H groups in total. The minimum Gasteiger partial charge on any atom is -0.413 e. The first-order valence-corrected chi connectivity index (χ1v) is 16.2. The Kier molecular flexibility index (Phi) is 7.66. The summed E-state index contributed by atoms with van der Waals surface area (Å²) in [6.07, 6.45) is 4.11. The van der Waals surface area contributed by atoms with Gasteiger partial charge in [-0.05, 0) is 53.8 Å². The molecule has 2 nitrogen and oxygen atoms in total. The van der Waals surface area contributed by atoms with E-state index in [2.05, 4.69) is 80.4 Å². The number of rotatable bonds is 5. The molecule has 2 atom stereocenters. The molecule has 1 aliphatic rings. The summed E-state index contributed by atoms with van der Waals surface area (Å²) in [5.41, 5.74) is 2.32. The molecule has 26 heavy (non-hydrogen) atoms. The molecule has 1 saturated carbocycles. The van der Waals surface area contributed by atoms with Crippen molar-refractivity contribution in [2.24, 2.45) is 0 Å². The number of hydrogen-bond donors (Lipinski definition) is 0. The van der Waals surface area contributed by atoms with E-state index < -0.39 is 16.6 Å². The molecular formula is C21H41ClO2Si2. The van der Waals surface area contributed by atoms with Crippen LogP contribution in [0.2, 0.25) is 36.3 Å². The van der Waals surface area contributed by atoms with E-state index in [1.165, 1.54) is 5.57 Å². The SMILES string of the molecule is C=C1C(=CCCl)C[C@@H](O[Si](C)(C)C(C)(C)C)C[C@@H]1O[Si](C)(C)C(C)(C)C. The minimum absolute atomic E-state index is 0.0360. The summed E-state index contributed by atoms with van der Waals surface area (Å²) in [5.74, 6) is 0.508. The molecule has 0 radical (unpaired) electrons. The van der Waals surface area contributed by atoms with Crippen molar-refractivity contribution in [3.63, 3.8) is 0 Å². The molecule has 0 spiro atoms. The minimum atomic E-state index is -1.88. The average molecular weight is 417 g/mol. The van der Waals surface area contributed by atoms with Gasteiger partial charge in [-0.2, -0.15) is 0 Å². The fraction of sp³-hybridized carbons (Fsp3) is 0.810. The van der Waals surface area contributed by atoms with Gasteiger partial charge < -0.3 is 8.85 Å². The third-order valence-corrected chi connectivity index (χ3v) is 15.7. The van der Waals surface area contributed by atoms with Crippen molar-refractivity contribution in [3.8, 4) is 0 Å². The first-order chi connectivity index (χ1) is 11.5. The third kappa shape index (κ3) is 5.81. The number of halogens is 1. The smallest absolute Gasteiger partial charge is 0.192 e. The van der Waals surface area contributed by atoms with Crippen molar-refractivity contribution in [2.45, 2.75) is 103 Å². The molecule has 0 saturated heterocycles. The van der Waals surface area contributed by atoms with Gasteiger partial charge in [0.05, 0.1) is 12.2 Å². The lowest BCUT2D eigenvalue weighted by atomic mass is 9.86. The summed E-state index contributed by atoms with van der Waals surface area (Å²) in [4.78, 5) is 0. The molecular weight excluding hydrogens is 376 g/mol. The van der Waals surface area contributed by atoms with Crippen molar-refractivity contribution >= 4 is 28.2 Å². The molecule has 5 heteroatoms. The van der Waals surface area contributed by atoms with Crippen LogP contribution in [0.15, 0.2) is 23.8 Å². The summed E-state index contributed by atoms with van der Waals surface area (Å²) < 4.78 is 13.5. The van der Waals surface area contributed by atoms with Gasteiger partial charge in [0.2, 0.25) is 0 Å². The molecule has 0 bridgehead atoms. The van der Waals surface area contributed by atoms with Crippen LogP contribution in [0.4, 0.5) is 0 Å². The molecule has 0 heterocycles. The van der Waals surface area contributed by atoms with Crippen LogP contribution in [-0.2, 0) is 8.85 Å². The lowest BCUT2D eigenvalue weighted by Crippen LogP contribution is -2.49. The number of alkyl halides is 1. The maximum atomic E-state index is 6.75. The largest absolute Gasteiger partial charge is 0.413 e. The fourth-order valence-corrected chi connectivity index (χ4v) is 5.55. The van der Waals surface area contributed by atoms with Crippen LogP contribution >= 0.6 is 11.6 Å². The second-order valence-corrected chi connectivity index (χ2v) is 20.5. The van der Waals surface area contributed by atoms with E-state index in [4.69, 9.17) is 20.5 Å². The fourth-order valence-electron chi connectivity index (χ4n) is 2.69. The second-order valence-electron chi connectivity index (χ2n) is 10.7. The van der Waals surface area contributed by atoms with Crippen LogP contribution in [0.25, 0.3) is 0 Å². The van der Waals surface area contributed by atoms with E-state index in [0.29, 0.717) is 5.88 Å². The van der Waals surface area contributed by atoms with Gasteiger partial charge in [0.25, 0.3) is 0 Å². The summed E-state index contributed by atoms with van der Waals surface area (Å²) in [5, 5.41) is 0.379. The summed E-state index contributed by atoms with van der Waals surface area (Å²) >= 11 is 6.03. The van der Waals surface area contributed by atoms with Crippen molar-refractivity contribution in [1.29, 1.82) is 0 Å². The van der Waals surface area contributed by atoms with Crippen molar-refractivity contribution in [2.75, 3.05) is 5.88 Å². The summed E-state index contributed by atoms with van der Waals surface area (Å²) in [6, 6.07) is 0. The maximum absolute atomic E-state index is 6.75. The molecule has 0 unspecified atom stereocenters. The molecule has 0 aromatic carbocycles. The Hall–Kier alpha value is 0.124. The van der Waals surface area contributed by atoms with Crippen LogP contribution in [0.1, 0.15) is 54.4 Å². The first kappa shape index (κ1) is 24.2. The lowest BCUT2D eigenvalue weighted by Gasteiger charge is -2.45. The molecule has 1 aliphatic carbocycles. The molecule has 0 amide bonds. The van der Waals surface area contributed by atoms with Crippen LogP contribution in [-0.4, -0.2) is 34.7 Å². The highest BCUT2D eigenvalue weighted by atomic mass is 35.5. The maximum Gasteiger partial charge on any atom is 0.192 e. The molecule has 1 fully saturated rings. The predicted octanol–water partition coefficient (Wildman–Crippen LogP) is 7.28. The van der Waals surface area contributed by atoms with Crippen molar-refractivity contribution < 1.29 is 8.85 Å². The van der Waals surface area contributed by atoms with E-state index in [1.54, 1.807) is 0 Å². The zero-order chi connectivity index (χ0) is 20.6. The summed E-state index contributed by atoms with van der Waals surface area (Å²) in [6.45, 7) is 27.4. The van der Waals surface area contributed by atoms with Gasteiger partial charge >= 0.3 is 0 Å². The zero-order valence-corrected chi connectivity index (χ0v) is 21.5. The Labute approximate surface area is 169 Å². The van der Waals surface area contributed by atoms with E-state index in [-0.39, 0.29) is 22.3 Å². The Balaban J connectivity index is 3.08. The molecule has 0 aromatic rings.